The summed E-state index contributed by atoms with van der Waals surface area (Å²) >= 11 is 0. The van der Waals surface area contributed by atoms with Crippen LogP contribution in [0.25, 0.3) is 11.4 Å². The summed E-state index contributed by atoms with van der Waals surface area (Å²) in [5.41, 5.74) is 1.47. The number of aryl methyl sites for hydroxylation is 1. The van der Waals surface area contributed by atoms with Gasteiger partial charge in [0.25, 0.3) is 0 Å². The largest absolute Gasteiger partial charge is 0.480 e. The Bertz CT molecular complexity index is 565. The second kappa shape index (κ2) is 4.87. The van der Waals surface area contributed by atoms with Crippen molar-refractivity contribution in [1.29, 1.82) is 0 Å². The van der Waals surface area contributed by atoms with E-state index in [-0.39, 0.29) is 0 Å². The molecule has 1 aromatic carbocycles. The number of carboxylic acid groups (broad SMARTS) is 1. The van der Waals surface area contributed by atoms with E-state index in [2.05, 4.69) is 20.5 Å². The Morgan fingerprint density at radius 2 is 2.17 bits per heavy atom. The first kappa shape index (κ1) is 12.1. The van der Waals surface area contributed by atoms with Crippen LogP contribution in [0.3, 0.4) is 0 Å². The first-order chi connectivity index (χ1) is 8.58. The molecule has 1 aromatic heterocycles. The number of benzene rings is 1. The molecule has 18 heavy (non-hydrogen) atoms. The molecule has 0 amide bonds. The molecule has 2 aromatic rings. The number of hydrogen-bond acceptors (Lipinski definition) is 4. The molecule has 2 rings (SSSR count). The van der Waals surface area contributed by atoms with Gasteiger partial charge >= 0.3 is 5.97 Å². The number of para-hydroxylation sites is 1. The molecule has 0 saturated heterocycles. The summed E-state index contributed by atoms with van der Waals surface area (Å²) in [6.45, 7) is 3.40. The standard InChI is InChI=1S/C12H14N4O2/c1-7(12(17)18)13-10-6-4-3-5-9(10)11-14-8(2)15-16-11/h3-7,13H,1-2H3,(H,17,18)(H,14,15,16). The Kier molecular flexibility index (Phi) is 3.27. The molecule has 1 unspecified atom stereocenters. The first-order valence-corrected chi connectivity index (χ1v) is 5.55. The Hall–Kier alpha value is -2.37. The second-order valence-corrected chi connectivity index (χ2v) is 3.99. The van der Waals surface area contributed by atoms with Crippen LogP contribution < -0.4 is 5.32 Å². The number of H-pyrrole nitrogens is 1. The molecule has 6 heteroatoms. The molecule has 0 aliphatic carbocycles. The molecule has 94 valence electrons. The van der Waals surface area contributed by atoms with Gasteiger partial charge in [0.15, 0.2) is 5.82 Å². The number of carbonyl (C=O) groups is 1. The number of carboxylic acids is 1. The van der Waals surface area contributed by atoms with Gasteiger partial charge in [-0.05, 0) is 26.0 Å². The van der Waals surface area contributed by atoms with Crippen LogP contribution >= 0.6 is 0 Å². The summed E-state index contributed by atoms with van der Waals surface area (Å²) in [6, 6.07) is 6.67. The number of aromatic amines is 1. The minimum Gasteiger partial charge on any atom is -0.480 e. The van der Waals surface area contributed by atoms with Crippen molar-refractivity contribution in [2.75, 3.05) is 5.32 Å². The zero-order chi connectivity index (χ0) is 13.1. The van der Waals surface area contributed by atoms with Gasteiger partial charge in [0.1, 0.15) is 11.9 Å². The molecule has 6 nitrogen and oxygen atoms in total. The van der Waals surface area contributed by atoms with Crippen molar-refractivity contribution in [3.05, 3.63) is 30.1 Å². The Balaban J connectivity index is 2.34. The van der Waals surface area contributed by atoms with Gasteiger partial charge in [-0.25, -0.2) is 4.98 Å². The summed E-state index contributed by atoms with van der Waals surface area (Å²) in [5, 5.41) is 18.7. The van der Waals surface area contributed by atoms with Crippen molar-refractivity contribution in [2.45, 2.75) is 19.9 Å². The number of nitrogens with one attached hydrogen (secondary N) is 2. The average Bonchev–Trinajstić information content (AvgIpc) is 2.76. The molecule has 0 bridgehead atoms. The van der Waals surface area contributed by atoms with Crippen LogP contribution in [0.1, 0.15) is 12.7 Å². The van der Waals surface area contributed by atoms with Crippen molar-refractivity contribution in [2.24, 2.45) is 0 Å². The molecule has 0 saturated carbocycles. The SMILES string of the molecule is Cc1nc(-c2ccccc2NC(C)C(=O)O)n[nH]1. The third kappa shape index (κ3) is 2.48. The fourth-order valence-electron chi connectivity index (χ4n) is 1.56. The maximum atomic E-state index is 10.9. The highest BCUT2D eigenvalue weighted by Gasteiger charge is 2.14. The first-order valence-electron chi connectivity index (χ1n) is 5.55. The molecular formula is C12H14N4O2. The van der Waals surface area contributed by atoms with E-state index in [0.717, 1.165) is 5.56 Å². The number of rotatable bonds is 4. The fourth-order valence-corrected chi connectivity index (χ4v) is 1.56. The maximum Gasteiger partial charge on any atom is 0.325 e. The lowest BCUT2D eigenvalue weighted by molar-refractivity contribution is -0.137. The van der Waals surface area contributed by atoms with Crippen LogP contribution in [0, 0.1) is 6.92 Å². The highest BCUT2D eigenvalue weighted by Crippen LogP contribution is 2.25. The molecular weight excluding hydrogens is 232 g/mol. The van der Waals surface area contributed by atoms with E-state index in [4.69, 9.17) is 5.11 Å². The van der Waals surface area contributed by atoms with Crippen molar-refractivity contribution in [3.63, 3.8) is 0 Å². The Morgan fingerprint density at radius 3 is 2.78 bits per heavy atom. The van der Waals surface area contributed by atoms with E-state index in [9.17, 15) is 4.79 Å². The van der Waals surface area contributed by atoms with Crippen LogP contribution in [0.5, 0.6) is 0 Å². The van der Waals surface area contributed by atoms with Gasteiger partial charge in [-0.3, -0.25) is 9.89 Å². The maximum absolute atomic E-state index is 10.9. The number of aromatic nitrogens is 3. The average molecular weight is 246 g/mol. The summed E-state index contributed by atoms with van der Waals surface area (Å²) in [5.74, 6) is 0.357. The number of aliphatic carboxylic acids is 1. The lowest BCUT2D eigenvalue weighted by Gasteiger charge is -2.13. The third-order valence-electron chi connectivity index (χ3n) is 2.51. The van der Waals surface area contributed by atoms with Gasteiger partial charge < -0.3 is 10.4 Å². The van der Waals surface area contributed by atoms with Gasteiger partial charge in [-0.2, -0.15) is 5.10 Å². The zero-order valence-corrected chi connectivity index (χ0v) is 10.1. The lowest BCUT2D eigenvalue weighted by Crippen LogP contribution is -2.25. The molecule has 1 heterocycles. The fraction of sp³-hybridized carbons (Fsp3) is 0.250. The van der Waals surface area contributed by atoms with Crippen molar-refractivity contribution >= 4 is 11.7 Å². The van der Waals surface area contributed by atoms with Crippen LogP contribution in [0.2, 0.25) is 0 Å². The van der Waals surface area contributed by atoms with Crippen molar-refractivity contribution in [1.82, 2.24) is 15.2 Å². The van der Waals surface area contributed by atoms with Crippen LogP contribution in [-0.2, 0) is 4.79 Å². The van der Waals surface area contributed by atoms with E-state index in [0.29, 0.717) is 17.3 Å². The lowest BCUT2D eigenvalue weighted by atomic mass is 10.1. The third-order valence-corrected chi connectivity index (χ3v) is 2.51. The van der Waals surface area contributed by atoms with E-state index in [1.807, 2.05) is 25.1 Å². The minimum atomic E-state index is -0.907. The quantitative estimate of drug-likeness (QED) is 0.763. The van der Waals surface area contributed by atoms with Crippen LogP contribution in [0.4, 0.5) is 5.69 Å². The van der Waals surface area contributed by atoms with Gasteiger partial charge in [-0.15, -0.1) is 0 Å². The molecule has 0 fully saturated rings. The summed E-state index contributed by atoms with van der Waals surface area (Å²) < 4.78 is 0. The predicted octanol–water partition coefficient (Wildman–Crippen LogP) is 1.67. The van der Waals surface area contributed by atoms with E-state index in [1.165, 1.54) is 0 Å². The van der Waals surface area contributed by atoms with Crippen LogP contribution in [0.15, 0.2) is 24.3 Å². The van der Waals surface area contributed by atoms with E-state index < -0.39 is 12.0 Å². The highest BCUT2D eigenvalue weighted by molar-refractivity contribution is 5.81. The second-order valence-electron chi connectivity index (χ2n) is 3.99. The van der Waals surface area contributed by atoms with Gasteiger partial charge in [0.05, 0.1) is 0 Å². The Labute approximate surface area is 104 Å². The summed E-state index contributed by atoms with van der Waals surface area (Å²) in [4.78, 5) is 15.1. The van der Waals surface area contributed by atoms with Gasteiger partial charge in [0, 0.05) is 11.3 Å². The monoisotopic (exact) mass is 246 g/mol. The molecule has 0 spiro atoms. The van der Waals surface area contributed by atoms with E-state index >= 15 is 0 Å². The summed E-state index contributed by atoms with van der Waals surface area (Å²) in [6.07, 6.45) is 0. The van der Waals surface area contributed by atoms with Crippen LogP contribution in [-0.4, -0.2) is 32.3 Å². The zero-order valence-electron chi connectivity index (χ0n) is 10.1. The number of anilines is 1. The molecule has 0 radical (unpaired) electrons. The predicted molar refractivity (Wildman–Crippen MR) is 67.3 cm³/mol. The van der Waals surface area contributed by atoms with E-state index in [1.54, 1.807) is 13.0 Å². The Morgan fingerprint density at radius 1 is 1.44 bits per heavy atom. The normalized spacial score (nSPS) is 12.1. The smallest absolute Gasteiger partial charge is 0.325 e. The van der Waals surface area contributed by atoms with Crippen molar-refractivity contribution in [3.8, 4) is 11.4 Å². The molecule has 3 N–H and O–H groups in total. The molecule has 0 aliphatic rings. The topological polar surface area (TPSA) is 90.9 Å². The number of hydrogen-bond donors (Lipinski definition) is 3. The molecule has 1 atom stereocenters. The number of nitrogens with zero attached hydrogens (tertiary/aromatic N) is 2. The van der Waals surface area contributed by atoms with Crippen molar-refractivity contribution < 1.29 is 9.90 Å². The van der Waals surface area contributed by atoms with Gasteiger partial charge in [-0.1, -0.05) is 12.1 Å². The molecule has 0 aliphatic heterocycles. The highest BCUT2D eigenvalue weighted by atomic mass is 16.4. The van der Waals surface area contributed by atoms with Gasteiger partial charge in [0.2, 0.25) is 0 Å². The summed E-state index contributed by atoms with van der Waals surface area (Å²) in [7, 11) is 0. The minimum absolute atomic E-state index is 0.549.